The maximum Gasteiger partial charge on any atom is 0.263 e. The Morgan fingerprint density at radius 1 is 0.963 bits per heavy atom. The van der Waals surface area contributed by atoms with E-state index in [2.05, 4.69) is 25.6 Å². The third-order valence-electron chi connectivity index (χ3n) is 4.35. The van der Waals surface area contributed by atoms with E-state index in [-0.39, 0.29) is 16.6 Å². The minimum atomic E-state index is -3.78. The van der Waals surface area contributed by atoms with E-state index in [9.17, 15) is 13.2 Å². The zero-order valence-corrected chi connectivity index (χ0v) is 15.9. The molecule has 1 aliphatic rings. The number of nitrogens with one attached hydrogen (secondary N) is 3. The molecule has 0 bridgehead atoms. The van der Waals surface area contributed by atoms with Crippen molar-refractivity contribution in [3.05, 3.63) is 36.4 Å². The van der Waals surface area contributed by atoms with Gasteiger partial charge in [-0.3, -0.25) is 9.52 Å². The molecule has 1 aromatic heterocycles. The van der Waals surface area contributed by atoms with Crippen LogP contribution in [-0.2, 0) is 14.8 Å². The number of carbonyl (C=O) groups excluding carboxylic acids is 1. The number of carbonyl (C=O) groups is 1. The van der Waals surface area contributed by atoms with Crippen LogP contribution in [0.3, 0.4) is 0 Å². The van der Waals surface area contributed by atoms with Gasteiger partial charge in [0.05, 0.1) is 4.90 Å². The molecule has 0 saturated heterocycles. The average Bonchev–Trinajstić information content (AvgIpc) is 2.64. The number of aromatic nitrogens is 2. The van der Waals surface area contributed by atoms with Crippen LogP contribution in [0.4, 0.5) is 17.3 Å². The second-order valence-corrected chi connectivity index (χ2v) is 8.28. The van der Waals surface area contributed by atoms with E-state index in [4.69, 9.17) is 0 Å². The predicted molar refractivity (Wildman–Crippen MR) is 104 cm³/mol. The van der Waals surface area contributed by atoms with E-state index in [0.717, 1.165) is 12.8 Å². The van der Waals surface area contributed by atoms with Gasteiger partial charge in [-0.2, -0.15) is 0 Å². The molecule has 8 nitrogen and oxygen atoms in total. The Labute approximate surface area is 158 Å². The highest BCUT2D eigenvalue weighted by Crippen LogP contribution is 2.21. The number of rotatable bonds is 6. The fraction of sp³-hybridized carbons (Fsp3) is 0.389. The lowest BCUT2D eigenvalue weighted by Crippen LogP contribution is -2.23. The van der Waals surface area contributed by atoms with E-state index in [1.165, 1.54) is 50.5 Å². The Kier molecular flexibility index (Phi) is 5.90. The summed E-state index contributed by atoms with van der Waals surface area (Å²) in [6.07, 6.45) is 5.93. The number of sulfonamides is 1. The van der Waals surface area contributed by atoms with E-state index < -0.39 is 10.0 Å². The first-order chi connectivity index (χ1) is 12.9. The summed E-state index contributed by atoms with van der Waals surface area (Å²) in [5.74, 6) is 0.570. The number of amides is 1. The molecule has 2 aromatic rings. The Hall–Kier alpha value is -2.68. The molecular formula is C18H23N5O3S. The van der Waals surface area contributed by atoms with Crippen LogP contribution in [0.2, 0.25) is 0 Å². The van der Waals surface area contributed by atoms with E-state index >= 15 is 0 Å². The van der Waals surface area contributed by atoms with Crippen LogP contribution < -0.4 is 15.4 Å². The van der Waals surface area contributed by atoms with Gasteiger partial charge in [-0.1, -0.05) is 19.3 Å². The molecule has 1 heterocycles. The molecule has 0 atom stereocenters. The van der Waals surface area contributed by atoms with Crippen molar-refractivity contribution in [1.29, 1.82) is 0 Å². The summed E-state index contributed by atoms with van der Waals surface area (Å²) < 4.78 is 27.3. The lowest BCUT2D eigenvalue weighted by molar-refractivity contribution is -0.114. The fourth-order valence-corrected chi connectivity index (χ4v) is 4.03. The molecule has 9 heteroatoms. The van der Waals surface area contributed by atoms with Crippen LogP contribution in [0.15, 0.2) is 41.3 Å². The molecule has 1 amide bonds. The van der Waals surface area contributed by atoms with Crippen molar-refractivity contribution < 1.29 is 13.2 Å². The summed E-state index contributed by atoms with van der Waals surface area (Å²) in [6.45, 7) is 1.39. The van der Waals surface area contributed by atoms with Crippen LogP contribution in [-0.4, -0.2) is 30.6 Å². The molecular weight excluding hydrogens is 366 g/mol. The van der Waals surface area contributed by atoms with Gasteiger partial charge in [0.25, 0.3) is 10.0 Å². The van der Waals surface area contributed by atoms with Crippen molar-refractivity contribution in [2.45, 2.75) is 50.0 Å². The number of benzene rings is 1. The smallest absolute Gasteiger partial charge is 0.263 e. The normalized spacial score (nSPS) is 15.1. The van der Waals surface area contributed by atoms with E-state index in [1.54, 1.807) is 12.1 Å². The minimum absolute atomic E-state index is 0.0720. The van der Waals surface area contributed by atoms with Crippen LogP contribution >= 0.6 is 0 Å². The van der Waals surface area contributed by atoms with Gasteiger partial charge in [0.2, 0.25) is 5.91 Å². The molecule has 3 rings (SSSR count). The molecule has 0 radical (unpaired) electrons. The zero-order valence-electron chi connectivity index (χ0n) is 15.1. The largest absolute Gasteiger partial charge is 0.366 e. The van der Waals surface area contributed by atoms with Gasteiger partial charge < -0.3 is 10.6 Å². The van der Waals surface area contributed by atoms with Gasteiger partial charge in [-0.25, -0.2) is 8.42 Å². The molecule has 1 aliphatic carbocycles. The quantitative estimate of drug-likeness (QED) is 0.700. The van der Waals surface area contributed by atoms with Crippen LogP contribution in [0.5, 0.6) is 0 Å². The summed E-state index contributed by atoms with van der Waals surface area (Å²) >= 11 is 0. The Morgan fingerprint density at radius 2 is 1.59 bits per heavy atom. The highest BCUT2D eigenvalue weighted by atomic mass is 32.2. The topological polar surface area (TPSA) is 113 Å². The highest BCUT2D eigenvalue weighted by Gasteiger charge is 2.16. The number of hydrogen-bond acceptors (Lipinski definition) is 6. The molecule has 0 aliphatic heterocycles. The second kappa shape index (κ2) is 8.34. The van der Waals surface area contributed by atoms with Crippen LogP contribution in [0, 0.1) is 0 Å². The lowest BCUT2D eigenvalue weighted by Gasteiger charge is -2.22. The third-order valence-corrected chi connectivity index (χ3v) is 5.72. The maximum absolute atomic E-state index is 12.5. The molecule has 27 heavy (non-hydrogen) atoms. The summed E-state index contributed by atoms with van der Waals surface area (Å²) in [5.41, 5.74) is 0.527. The Bertz CT molecular complexity index is 876. The molecule has 0 spiro atoms. The van der Waals surface area contributed by atoms with Crippen LogP contribution in [0.1, 0.15) is 39.0 Å². The first-order valence-corrected chi connectivity index (χ1v) is 10.4. The van der Waals surface area contributed by atoms with Crippen molar-refractivity contribution >= 4 is 33.3 Å². The standard InChI is InChI=1S/C18H23N5O3S/c1-13(24)19-15-7-9-16(10-8-15)27(25,26)23-18-12-11-17(21-22-18)20-14-5-3-2-4-6-14/h7-12,14H,2-6H2,1H3,(H,19,24)(H,20,21)(H,22,23). The first-order valence-electron chi connectivity index (χ1n) is 8.93. The summed E-state index contributed by atoms with van der Waals surface area (Å²) in [7, 11) is -3.78. The van der Waals surface area contributed by atoms with Crippen molar-refractivity contribution in [2.24, 2.45) is 0 Å². The lowest BCUT2D eigenvalue weighted by atomic mass is 9.95. The van der Waals surface area contributed by atoms with Gasteiger partial charge in [0, 0.05) is 18.7 Å². The summed E-state index contributed by atoms with van der Waals surface area (Å²) in [4.78, 5) is 11.1. The van der Waals surface area contributed by atoms with Crippen molar-refractivity contribution in [1.82, 2.24) is 10.2 Å². The third kappa shape index (κ3) is 5.40. The average molecular weight is 389 g/mol. The van der Waals surface area contributed by atoms with Gasteiger partial charge in [-0.05, 0) is 49.2 Å². The molecule has 1 saturated carbocycles. The number of hydrogen-bond donors (Lipinski definition) is 3. The van der Waals surface area contributed by atoms with Gasteiger partial charge >= 0.3 is 0 Å². The van der Waals surface area contributed by atoms with Gasteiger partial charge in [0.15, 0.2) is 5.82 Å². The Morgan fingerprint density at radius 3 is 2.19 bits per heavy atom. The van der Waals surface area contributed by atoms with Crippen LogP contribution in [0.25, 0.3) is 0 Å². The minimum Gasteiger partial charge on any atom is -0.366 e. The predicted octanol–water partition coefficient (Wildman–Crippen LogP) is 2.98. The molecule has 3 N–H and O–H groups in total. The number of nitrogens with zero attached hydrogens (tertiary/aromatic N) is 2. The fourth-order valence-electron chi connectivity index (χ4n) is 3.04. The van der Waals surface area contributed by atoms with Crippen molar-refractivity contribution in [3.8, 4) is 0 Å². The van der Waals surface area contributed by atoms with E-state index in [0.29, 0.717) is 17.5 Å². The summed E-state index contributed by atoms with van der Waals surface area (Å²) in [6, 6.07) is 9.59. The SMILES string of the molecule is CC(=O)Nc1ccc(S(=O)(=O)Nc2ccc(NC3CCCCC3)nn2)cc1. The van der Waals surface area contributed by atoms with Crippen molar-refractivity contribution in [2.75, 3.05) is 15.4 Å². The maximum atomic E-state index is 12.5. The summed E-state index contributed by atoms with van der Waals surface area (Å²) in [5, 5.41) is 13.9. The first kappa shape index (κ1) is 19.1. The Balaban J connectivity index is 1.63. The highest BCUT2D eigenvalue weighted by molar-refractivity contribution is 7.92. The molecule has 144 valence electrons. The molecule has 1 aromatic carbocycles. The van der Waals surface area contributed by atoms with Gasteiger partial charge in [0.1, 0.15) is 5.82 Å². The van der Waals surface area contributed by atoms with E-state index in [1.807, 2.05) is 0 Å². The monoisotopic (exact) mass is 389 g/mol. The second-order valence-electron chi connectivity index (χ2n) is 6.59. The van der Waals surface area contributed by atoms with Crippen molar-refractivity contribution in [3.63, 3.8) is 0 Å². The molecule has 0 unspecified atom stereocenters. The zero-order chi connectivity index (χ0) is 19.3. The molecule has 1 fully saturated rings. The number of anilines is 3. The van der Waals surface area contributed by atoms with Gasteiger partial charge in [-0.15, -0.1) is 10.2 Å².